The SMILES string of the molecule is CCNC(=O)[C@@H](Cc1ccccc1)N(Cc1ccccc1C)C(=O)CSCc1ccc(Cl)cc1Cl. The lowest BCUT2D eigenvalue weighted by molar-refractivity contribution is -0.139. The number of hydrogen-bond acceptors (Lipinski definition) is 3. The van der Waals surface area contributed by atoms with Gasteiger partial charge in [-0.1, -0.05) is 83.9 Å². The Morgan fingerprint density at radius 1 is 0.971 bits per heavy atom. The number of thioether (sulfide) groups is 1. The van der Waals surface area contributed by atoms with Crippen LogP contribution in [0.15, 0.2) is 72.8 Å². The molecule has 0 aliphatic heterocycles. The van der Waals surface area contributed by atoms with Crippen molar-refractivity contribution in [3.63, 3.8) is 0 Å². The number of benzene rings is 3. The molecule has 35 heavy (non-hydrogen) atoms. The van der Waals surface area contributed by atoms with E-state index in [4.69, 9.17) is 23.2 Å². The number of amides is 2. The van der Waals surface area contributed by atoms with Gasteiger partial charge in [-0.25, -0.2) is 0 Å². The van der Waals surface area contributed by atoms with Crippen molar-refractivity contribution in [2.24, 2.45) is 0 Å². The summed E-state index contributed by atoms with van der Waals surface area (Å²) in [5, 5.41) is 4.09. The number of rotatable bonds is 11. The number of carbonyl (C=O) groups excluding carboxylic acids is 2. The molecule has 0 spiro atoms. The lowest BCUT2D eigenvalue weighted by Crippen LogP contribution is -2.51. The highest BCUT2D eigenvalue weighted by molar-refractivity contribution is 7.99. The normalized spacial score (nSPS) is 11.7. The van der Waals surface area contributed by atoms with Crippen molar-refractivity contribution in [1.82, 2.24) is 10.2 Å². The molecule has 3 aromatic carbocycles. The number of hydrogen-bond donors (Lipinski definition) is 1. The molecule has 1 N–H and O–H groups in total. The average molecular weight is 530 g/mol. The molecule has 4 nitrogen and oxygen atoms in total. The molecular formula is C28H30Cl2N2O2S. The first-order chi connectivity index (χ1) is 16.9. The van der Waals surface area contributed by atoms with Crippen LogP contribution in [0.1, 0.15) is 29.2 Å². The third-order valence-electron chi connectivity index (χ3n) is 5.72. The molecule has 184 valence electrons. The van der Waals surface area contributed by atoms with Crippen LogP contribution in [0.5, 0.6) is 0 Å². The van der Waals surface area contributed by atoms with Crippen LogP contribution >= 0.6 is 35.0 Å². The number of halogens is 2. The summed E-state index contributed by atoms with van der Waals surface area (Å²) >= 11 is 13.8. The van der Waals surface area contributed by atoms with Gasteiger partial charge < -0.3 is 10.2 Å². The van der Waals surface area contributed by atoms with Gasteiger partial charge in [0.2, 0.25) is 11.8 Å². The van der Waals surface area contributed by atoms with Gasteiger partial charge in [-0.2, -0.15) is 0 Å². The molecule has 0 fully saturated rings. The first-order valence-corrected chi connectivity index (χ1v) is 13.5. The highest BCUT2D eigenvalue weighted by Crippen LogP contribution is 2.25. The van der Waals surface area contributed by atoms with E-state index < -0.39 is 6.04 Å². The summed E-state index contributed by atoms with van der Waals surface area (Å²) in [6.07, 6.45) is 0.442. The molecule has 7 heteroatoms. The summed E-state index contributed by atoms with van der Waals surface area (Å²) in [6.45, 7) is 4.77. The van der Waals surface area contributed by atoms with Gasteiger partial charge in [-0.05, 0) is 48.2 Å². The van der Waals surface area contributed by atoms with Gasteiger partial charge in [0.25, 0.3) is 0 Å². The molecule has 0 aliphatic rings. The van der Waals surface area contributed by atoms with Crippen molar-refractivity contribution in [2.45, 2.75) is 38.6 Å². The van der Waals surface area contributed by atoms with Crippen LogP contribution in [-0.4, -0.2) is 35.1 Å². The molecule has 0 aliphatic carbocycles. The standard InChI is InChI=1S/C28H30Cl2N2O2S/c1-3-31-28(34)26(15-21-10-5-4-6-11-21)32(17-22-12-8-7-9-20(22)2)27(33)19-35-18-23-13-14-24(29)16-25(23)30/h4-14,16,26H,3,15,17-19H2,1-2H3,(H,31,34)/t26-/m1/s1. The second-order valence-corrected chi connectivity index (χ2v) is 10.1. The van der Waals surface area contributed by atoms with Crippen molar-refractivity contribution in [2.75, 3.05) is 12.3 Å². The first kappa shape index (κ1) is 27.1. The van der Waals surface area contributed by atoms with Crippen LogP contribution < -0.4 is 5.32 Å². The van der Waals surface area contributed by atoms with Crippen LogP contribution in [-0.2, 0) is 28.3 Å². The molecule has 0 saturated heterocycles. The third-order valence-corrected chi connectivity index (χ3v) is 7.28. The summed E-state index contributed by atoms with van der Waals surface area (Å²) in [4.78, 5) is 28.5. The summed E-state index contributed by atoms with van der Waals surface area (Å²) < 4.78 is 0. The van der Waals surface area contributed by atoms with E-state index in [1.54, 1.807) is 17.0 Å². The van der Waals surface area contributed by atoms with E-state index in [0.29, 0.717) is 35.3 Å². The topological polar surface area (TPSA) is 49.4 Å². The van der Waals surface area contributed by atoms with Gasteiger partial charge in [-0.15, -0.1) is 11.8 Å². The zero-order valence-corrected chi connectivity index (χ0v) is 22.3. The molecular weight excluding hydrogens is 499 g/mol. The smallest absolute Gasteiger partial charge is 0.243 e. The van der Waals surface area contributed by atoms with Gasteiger partial charge in [-0.3, -0.25) is 9.59 Å². The number of nitrogens with one attached hydrogen (secondary N) is 1. The number of aryl methyl sites for hydroxylation is 1. The zero-order valence-electron chi connectivity index (χ0n) is 20.0. The van der Waals surface area contributed by atoms with E-state index in [2.05, 4.69) is 5.32 Å². The Morgan fingerprint density at radius 3 is 2.37 bits per heavy atom. The maximum absolute atomic E-state index is 13.6. The Morgan fingerprint density at radius 2 is 1.69 bits per heavy atom. The van der Waals surface area contributed by atoms with Gasteiger partial charge in [0.1, 0.15) is 6.04 Å². The molecule has 1 atom stereocenters. The third kappa shape index (κ3) is 8.03. The largest absolute Gasteiger partial charge is 0.355 e. The Bertz CT molecular complexity index is 1140. The predicted molar refractivity (Wildman–Crippen MR) is 147 cm³/mol. The van der Waals surface area contributed by atoms with Crippen LogP contribution in [0.25, 0.3) is 0 Å². The minimum absolute atomic E-state index is 0.0875. The number of carbonyl (C=O) groups is 2. The quantitative estimate of drug-likeness (QED) is 0.317. The summed E-state index contributed by atoms with van der Waals surface area (Å²) in [5.74, 6) is 0.569. The molecule has 0 aromatic heterocycles. The van der Waals surface area contributed by atoms with Crippen LogP contribution in [0.3, 0.4) is 0 Å². The second-order valence-electron chi connectivity index (χ2n) is 8.28. The average Bonchev–Trinajstić information content (AvgIpc) is 2.84. The van der Waals surface area contributed by atoms with Crippen molar-refractivity contribution in [1.29, 1.82) is 0 Å². The van der Waals surface area contributed by atoms with Gasteiger partial charge >= 0.3 is 0 Å². The Balaban J connectivity index is 1.84. The van der Waals surface area contributed by atoms with E-state index in [1.807, 2.05) is 74.5 Å². The van der Waals surface area contributed by atoms with Gasteiger partial charge in [0.15, 0.2) is 0 Å². The lowest BCUT2D eigenvalue weighted by atomic mass is 10.0. The lowest BCUT2D eigenvalue weighted by Gasteiger charge is -2.32. The molecule has 3 rings (SSSR count). The van der Waals surface area contributed by atoms with E-state index in [9.17, 15) is 9.59 Å². The minimum Gasteiger partial charge on any atom is -0.355 e. The number of nitrogens with zero attached hydrogens (tertiary/aromatic N) is 1. The van der Waals surface area contributed by atoms with E-state index in [1.165, 1.54) is 11.8 Å². The second kappa shape index (κ2) is 13.6. The Labute approximate surface area is 222 Å². The fraction of sp³-hybridized carbons (Fsp3) is 0.286. The van der Waals surface area contributed by atoms with Crippen molar-refractivity contribution in [3.8, 4) is 0 Å². The zero-order chi connectivity index (χ0) is 25.2. The molecule has 0 saturated carbocycles. The maximum atomic E-state index is 13.6. The minimum atomic E-state index is -0.621. The molecule has 2 amide bonds. The monoisotopic (exact) mass is 528 g/mol. The summed E-state index contributed by atoms with van der Waals surface area (Å²) in [5.41, 5.74) is 4.03. The van der Waals surface area contributed by atoms with E-state index >= 15 is 0 Å². The van der Waals surface area contributed by atoms with E-state index in [0.717, 1.165) is 22.3 Å². The molecule has 0 heterocycles. The molecule has 3 aromatic rings. The Kier molecular flexibility index (Phi) is 10.5. The fourth-order valence-corrected chi connectivity index (χ4v) is 5.26. The fourth-order valence-electron chi connectivity index (χ4n) is 3.79. The van der Waals surface area contributed by atoms with Crippen molar-refractivity contribution >= 4 is 46.8 Å². The molecule has 0 unspecified atom stereocenters. The van der Waals surface area contributed by atoms with Crippen molar-refractivity contribution < 1.29 is 9.59 Å². The van der Waals surface area contributed by atoms with Crippen LogP contribution in [0, 0.1) is 6.92 Å². The molecule has 0 radical (unpaired) electrons. The maximum Gasteiger partial charge on any atom is 0.243 e. The highest BCUT2D eigenvalue weighted by atomic mass is 35.5. The van der Waals surface area contributed by atoms with Crippen molar-refractivity contribution in [3.05, 3.63) is 105 Å². The van der Waals surface area contributed by atoms with E-state index in [-0.39, 0.29) is 17.6 Å². The van der Waals surface area contributed by atoms with Gasteiger partial charge in [0.05, 0.1) is 5.75 Å². The van der Waals surface area contributed by atoms with Crippen LogP contribution in [0.4, 0.5) is 0 Å². The summed E-state index contributed by atoms with van der Waals surface area (Å²) in [6, 6.07) is 22.5. The Hall–Kier alpha value is -2.47. The highest BCUT2D eigenvalue weighted by Gasteiger charge is 2.30. The summed E-state index contributed by atoms with van der Waals surface area (Å²) in [7, 11) is 0. The predicted octanol–water partition coefficient (Wildman–Crippen LogP) is 6.31. The van der Waals surface area contributed by atoms with Gasteiger partial charge in [0, 0.05) is 35.3 Å². The first-order valence-electron chi connectivity index (χ1n) is 11.6. The molecule has 0 bridgehead atoms. The number of likely N-dealkylation sites (N-methyl/N-ethyl adjacent to an activating group) is 1. The van der Waals surface area contributed by atoms with Crippen LogP contribution in [0.2, 0.25) is 10.0 Å².